The molecule has 0 amide bonds. The summed E-state index contributed by atoms with van der Waals surface area (Å²) in [5.74, 6) is 0.127. The molecule has 6 heteroatoms. The van der Waals surface area contributed by atoms with E-state index < -0.39 is 5.97 Å². The highest BCUT2D eigenvalue weighted by Gasteiger charge is 2.18. The highest BCUT2D eigenvalue weighted by Crippen LogP contribution is 2.34. The number of esters is 1. The van der Waals surface area contributed by atoms with Gasteiger partial charge in [0.1, 0.15) is 5.75 Å². The largest absolute Gasteiger partial charge is 0.482 e. The minimum absolute atomic E-state index is 0.0729. The summed E-state index contributed by atoms with van der Waals surface area (Å²) < 4.78 is 12.2. The molecule has 28 heavy (non-hydrogen) atoms. The third kappa shape index (κ3) is 2.31. The molecule has 0 saturated heterocycles. The first kappa shape index (κ1) is 16.5. The van der Waals surface area contributed by atoms with Gasteiger partial charge in [-0.3, -0.25) is 14.2 Å². The van der Waals surface area contributed by atoms with E-state index in [0.29, 0.717) is 17.7 Å². The van der Waals surface area contributed by atoms with Crippen LogP contribution in [0.3, 0.4) is 0 Å². The van der Waals surface area contributed by atoms with Crippen LogP contribution in [0.1, 0.15) is 6.92 Å². The Hall–Kier alpha value is -3.67. The standard InChI is InChI=1S/C22H16N2O4/c1-2-27-19(25)12-28-13-7-8-18-17(11-13)15-9-10-23-20-14-5-3-4-6-16(14)22(26)24(18)21(15)20/h3-11H,2,12H2,1H3. The Labute approximate surface area is 159 Å². The predicted octanol–water partition coefficient (Wildman–Crippen LogP) is 3.53. The minimum Gasteiger partial charge on any atom is -0.482 e. The van der Waals surface area contributed by atoms with Gasteiger partial charge in [0.2, 0.25) is 0 Å². The summed E-state index contributed by atoms with van der Waals surface area (Å²) in [7, 11) is 0. The van der Waals surface area contributed by atoms with Crippen LogP contribution >= 0.6 is 0 Å². The van der Waals surface area contributed by atoms with E-state index in [4.69, 9.17) is 9.47 Å². The van der Waals surface area contributed by atoms with Gasteiger partial charge in [-0.1, -0.05) is 18.2 Å². The molecule has 0 bridgehead atoms. The highest BCUT2D eigenvalue weighted by molar-refractivity contribution is 6.18. The van der Waals surface area contributed by atoms with Crippen LogP contribution in [0.4, 0.5) is 0 Å². The van der Waals surface area contributed by atoms with Crippen molar-refractivity contribution in [2.45, 2.75) is 6.92 Å². The number of fused-ring (bicyclic) bond motifs is 5. The van der Waals surface area contributed by atoms with Gasteiger partial charge in [-0.2, -0.15) is 0 Å². The van der Waals surface area contributed by atoms with Crippen molar-refractivity contribution in [2.75, 3.05) is 13.2 Å². The molecule has 0 N–H and O–H groups in total. The number of pyridine rings is 2. The van der Waals surface area contributed by atoms with Gasteiger partial charge in [0.15, 0.2) is 6.61 Å². The molecule has 6 nitrogen and oxygen atoms in total. The molecule has 0 fully saturated rings. The molecule has 0 unspecified atom stereocenters. The molecule has 0 spiro atoms. The maximum Gasteiger partial charge on any atom is 0.344 e. The zero-order chi connectivity index (χ0) is 19.3. The van der Waals surface area contributed by atoms with E-state index in [2.05, 4.69) is 4.98 Å². The van der Waals surface area contributed by atoms with Gasteiger partial charge in [0.05, 0.1) is 23.2 Å². The molecule has 0 saturated carbocycles. The fraction of sp³-hybridized carbons (Fsp3) is 0.136. The predicted molar refractivity (Wildman–Crippen MR) is 107 cm³/mol. The zero-order valence-electron chi connectivity index (χ0n) is 15.1. The Morgan fingerprint density at radius 1 is 1.04 bits per heavy atom. The molecule has 3 heterocycles. The molecule has 138 valence electrons. The number of rotatable bonds is 4. The molecular formula is C22H16N2O4. The van der Waals surface area contributed by atoms with Gasteiger partial charge in [0, 0.05) is 27.7 Å². The van der Waals surface area contributed by atoms with E-state index in [1.807, 2.05) is 42.5 Å². The lowest BCUT2D eigenvalue weighted by atomic mass is 10.1. The van der Waals surface area contributed by atoms with E-state index in [0.717, 1.165) is 32.7 Å². The first-order chi connectivity index (χ1) is 13.7. The summed E-state index contributed by atoms with van der Waals surface area (Å²) in [6.07, 6.45) is 1.75. The first-order valence-corrected chi connectivity index (χ1v) is 9.04. The van der Waals surface area contributed by atoms with Crippen molar-refractivity contribution in [1.29, 1.82) is 0 Å². The summed E-state index contributed by atoms with van der Waals surface area (Å²) in [6.45, 7) is 1.91. The molecule has 5 rings (SSSR count). The summed E-state index contributed by atoms with van der Waals surface area (Å²) in [5.41, 5.74) is 2.30. The van der Waals surface area contributed by atoms with Crippen LogP contribution in [-0.2, 0) is 9.53 Å². The van der Waals surface area contributed by atoms with E-state index in [1.165, 1.54) is 0 Å². The molecule has 5 aromatic rings. The molecule has 0 radical (unpaired) electrons. The van der Waals surface area contributed by atoms with Crippen molar-refractivity contribution in [3.63, 3.8) is 0 Å². The minimum atomic E-state index is -0.417. The molecule has 0 aliphatic heterocycles. The Morgan fingerprint density at radius 3 is 2.68 bits per heavy atom. The van der Waals surface area contributed by atoms with Gasteiger partial charge >= 0.3 is 5.97 Å². The molecule has 3 aromatic heterocycles. The van der Waals surface area contributed by atoms with Crippen molar-refractivity contribution in [1.82, 2.24) is 9.38 Å². The second-order valence-corrected chi connectivity index (χ2v) is 6.51. The lowest BCUT2D eigenvalue weighted by Gasteiger charge is -2.06. The molecule has 0 atom stereocenters. The number of hydrogen-bond donors (Lipinski definition) is 0. The average Bonchev–Trinajstić information content (AvgIpc) is 3.06. The first-order valence-electron chi connectivity index (χ1n) is 9.04. The third-order valence-corrected chi connectivity index (χ3v) is 4.92. The van der Waals surface area contributed by atoms with Gasteiger partial charge in [-0.05, 0) is 37.3 Å². The summed E-state index contributed by atoms with van der Waals surface area (Å²) in [4.78, 5) is 29.3. The van der Waals surface area contributed by atoms with Crippen molar-refractivity contribution >= 4 is 44.1 Å². The van der Waals surface area contributed by atoms with Crippen LogP contribution in [0, 0.1) is 0 Å². The third-order valence-electron chi connectivity index (χ3n) is 4.92. The maximum absolute atomic E-state index is 13.2. The van der Waals surface area contributed by atoms with Crippen LogP contribution in [0.5, 0.6) is 5.75 Å². The Kier molecular flexibility index (Phi) is 3.65. The molecular weight excluding hydrogens is 356 g/mol. The quantitative estimate of drug-likeness (QED) is 0.357. The van der Waals surface area contributed by atoms with E-state index >= 15 is 0 Å². The average molecular weight is 372 g/mol. The van der Waals surface area contributed by atoms with Crippen molar-refractivity contribution < 1.29 is 14.3 Å². The molecule has 0 aliphatic rings. The van der Waals surface area contributed by atoms with Crippen LogP contribution in [0.15, 0.2) is 59.5 Å². The van der Waals surface area contributed by atoms with Crippen molar-refractivity contribution in [2.24, 2.45) is 0 Å². The van der Waals surface area contributed by atoms with E-state index in [1.54, 1.807) is 23.6 Å². The van der Waals surface area contributed by atoms with Crippen LogP contribution in [0.2, 0.25) is 0 Å². The topological polar surface area (TPSA) is 69.9 Å². The van der Waals surface area contributed by atoms with Crippen molar-refractivity contribution in [3.8, 4) is 5.75 Å². The Morgan fingerprint density at radius 2 is 1.86 bits per heavy atom. The van der Waals surface area contributed by atoms with Gasteiger partial charge in [0.25, 0.3) is 5.56 Å². The number of ether oxygens (including phenoxy) is 2. The number of benzene rings is 2. The van der Waals surface area contributed by atoms with Crippen LogP contribution < -0.4 is 10.3 Å². The number of hydrogen-bond acceptors (Lipinski definition) is 5. The number of carbonyl (C=O) groups excluding carboxylic acids is 1. The lowest BCUT2D eigenvalue weighted by molar-refractivity contribution is -0.145. The second-order valence-electron chi connectivity index (χ2n) is 6.51. The van der Waals surface area contributed by atoms with Crippen LogP contribution in [0.25, 0.3) is 38.1 Å². The van der Waals surface area contributed by atoms with E-state index in [9.17, 15) is 9.59 Å². The fourth-order valence-electron chi connectivity index (χ4n) is 3.78. The van der Waals surface area contributed by atoms with Crippen LogP contribution in [-0.4, -0.2) is 28.6 Å². The normalized spacial score (nSPS) is 11.6. The summed E-state index contributed by atoms with van der Waals surface area (Å²) in [5, 5.41) is 3.27. The van der Waals surface area contributed by atoms with E-state index in [-0.39, 0.29) is 12.2 Å². The number of carbonyl (C=O) groups is 1. The monoisotopic (exact) mass is 372 g/mol. The van der Waals surface area contributed by atoms with Crippen molar-refractivity contribution in [3.05, 3.63) is 65.1 Å². The number of nitrogens with zero attached hydrogens (tertiary/aromatic N) is 2. The molecule has 2 aromatic carbocycles. The smallest absolute Gasteiger partial charge is 0.344 e. The Bertz CT molecular complexity index is 1420. The SMILES string of the molecule is CCOC(=O)COc1ccc2c(c1)c1ccnc3c4ccccc4c(=O)n2c13. The molecule has 0 aliphatic carbocycles. The Balaban J connectivity index is 1.78. The summed E-state index contributed by atoms with van der Waals surface area (Å²) >= 11 is 0. The summed E-state index contributed by atoms with van der Waals surface area (Å²) in [6, 6.07) is 14.8. The highest BCUT2D eigenvalue weighted by atomic mass is 16.6. The fourth-order valence-corrected chi connectivity index (χ4v) is 3.78. The second kappa shape index (κ2) is 6.20. The maximum atomic E-state index is 13.2. The van der Waals surface area contributed by atoms with Gasteiger partial charge < -0.3 is 9.47 Å². The van der Waals surface area contributed by atoms with Gasteiger partial charge in [-0.25, -0.2) is 4.79 Å². The van der Waals surface area contributed by atoms with Gasteiger partial charge in [-0.15, -0.1) is 0 Å². The number of aromatic nitrogens is 2. The zero-order valence-corrected chi connectivity index (χ0v) is 15.1. The lowest BCUT2D eigenvalue weighted by Crippen LogP contribution is -2.14.